The maximum absolute atomic E-state index is 12.8. The number of amides is 1. The van der Waals surface area contributed by atoms with Crippen LogP contribution in [0.4, 0.5) is 0 Å². The summed E-state index contributed by atoms with van der Waals surface area (Å²) in [5.74, 6) is 3.12. The van der Waals surface area contributed by atoms with Crippen LogP contribution in [-0.2, 0) is 0 Å². The number of benzene rings is 1. The molecule has 2 heteroatoms. The Morgan fingerprint density at radius 3 is 2.09 bits per heavy atom. The molecule has 1 saturated heterocycles. The van der Waals surface area contributed by atoms with Crippen molar-refractivity contribution in [2.75, 3.05) is 6.54 Å². The van der Waals surface area contributed by atoms with Crippen molar-refractivity contribution in [2.45, 2.75) is 51.0 Å². The molecule has 5 fully saturated rings. The fraction of sp³-hybridized carbons (Fsp3) is 0.650. The second-order valence-corrected chi connectivity index (χ2v) is 8.73. The third kappa shape index (κ3) is 1.64. The summed E-state index contributed by atoms with van der Waals surface area (Å²) in [6.07, 6.45) is 8.57. The lowest BCUT2D eigenvalue weighted by Gasteiger charge is -2.59. The Bertz CT molecular complexity index is 587. The molecule has 4 bridgehead atoms. The first-order valence-electron chi connectivity index (χ1n) is 8.97. The molecule has 0 N–H and O–H groups in total. The molecule has 0 radical (unpaired) electrons. The second-order valence-electron chi connectivity index (χ2n) is 8.73. The third-order valence-corrected chi connectivity index (χ3v) is 7.40. The Labute approximate surface area is 132 Å². The number of carbonyl (C=O) groups excluding carboxylic acids is 1. The Hall–Kier alpha value is -1.31. The molecule has 4 saturated carbocycles. The van der Waals surface area contributed by atoms with Gasteiger partial charge < -0.3 is 4.90 Å². The molecule has 5 aliphatic rings. The van der Waals surface area contributed by atoms with Crippen LogP contribution in [0.15, 0.2) is 30.3 Å². The molecule has 6 rings (SSSR count). The Balaban J connectivity index is 1.43. The van der Waals surface area contributed by atoms with E-state index in [2.05, 4.69) is 11.8 Å². The quantitative estimate of drug-likeness (QED) is 0.752. The zero-order chi connectivity index (χ0) is 14.9. The van der Waals surface area contributed by atoms with Crippen LogP contribution in [0, 0.1) is 23.2 Å². The lowest BCUT2D eigenvalue weighted by Crippen LogP contribution is -2.54. The van der Waals surface area contributed by atoms with Crippen molar-refractivity contribution >= 4 is 5.91 Å². The van der Waals surface area contributed by atoms with Gasteiger partial charge in [0.1, 0.15) is 0 Å². The van der Waals surface area contributed by atoms with Gasteiger partial charge >= 0.3 is 0 Å². The molecular weight excluding hydrogens is 270 g/mol. The van der Waals surface area contributed by atoms with Crippen molar-refractivity contribution in [3.8, 4) is 0 Å². The van der Waals surface area contributed by atoms with Crippen molar-refractivity contribution in [1.29, 1.82) is 0 Å². The maximum Gasteiger partial charge on any atom is 0.254 e. The lowest BCUT2D eigenvalue weighted by atomic mass is 9.46. The van der Waals surface area contributed by atoms with Crippen molar-refractivity contribution in [2.24, 2.45) is 23.2 Å². The van der Waals surface area contributed by atoms with E-state index in [9.17, 15) is 4.79 Å². The maximum atomic E-state index is 12.8. The van der Waals surface area contributed by atoms with Crippen LogP contribution in [0.5, 0.6) is 0 Å². The van der Waals surface area contributed by atoms with Crippen LogP contribution in [0.25, 0.3) is 0 Å². The number of carbonyl (C=O) groups is 1. The predicted octanol–water partition coefficient (Wildman–Crippen LogP) is 4.12. The van der Waals surface area contributed by atoms with Gasteiger partial charge in [0.2, 0.25) is 0 Å². The molecule has 1 unspecified atom stereocenters. The molecule has 22 heavy (non-hydrogen) atoms. The normalized spacial score (nSPS) is 45.1. The summed E-state index contributed by atoms with van der Waals surface area (Å²) in [5.41, 5.74) is 1.43. The third-order valence-electron chi connectivity index (χ3n) is 7.40. The van der Waals surface area contributed by atoms with Crippen molar-refractivity contribution in [3.05, 3.63) is 35.9 Å². The van der Waals surface area contributed by atoms with E-state index in [1.165, 1.54) is 38.5 Å². The van der Waals surface area contributed by atoms with Gasteiger partial charge in [-0.3, -0.25) is 4.79 Å². The average molecular weight is 295 g/mol. The Morgan fingerprint density at radius 2 is 1.55 bits per heavy atom. The number of hydrogen-bond donors (Lipinski definition) is 0. The fourth-order valence-corrected chi connectivity index (χ4v) is 6.53. The first-order valence-corrected chi connectivity index (χ1v) is 8.97. The lowest BCUT2D eigenvalue weighted by molar-refractivity contribution is -0.0792. The summed E-state index contributed by atoms with van der Waals surface area (Å²) in [5, 5.41) is 0. The molecule has 1 amide bonds. The zero-order valence-electron chi connectivity index (χ0n) is 13.4. The Kier molecular flexibility index (Phi) is 2.48. The SMILES string of the molecule is CC1(C23CC4CC(CC(C4)C2)C3)CN1C(=O)c1ccccc1. The minimum Gasteiger partial charge on any atom is -0.329 e. The summed E-state index contributed by atoms with van der Waals surface area (Å²) < 4.78 is 0. The summed E-state index contributed by atoms with van der Waals surface area (Å²) in [7, 11) is 0. The van der Waals surface area contributed by atoms with Crippen LogP contribution in [0.2, 0.25) is 0 Å². The minimum atomic E-state index is 0.135. The highest BCUT2D eigenvalue weighted by Crippen LogP contribution is 2.67. The number of hydrogen-bond acceptors (Lipinski definition) is 1. The van der Waals surface area contributed by atoms with Crippen molar-refractivity contribution in [1.82, 2.24) is 4.90 Å². The molecule has 0 aromatic heterocycles. The van der Waals surface area contributed by atoms with Gasteiger partial charge in [0, 0.05) is 12.1 Å². The highest BCUT2D eigenvalue weighted by atomic mass is 16.2. The van der Waals surface area contributed by atoms with Crippen LogP contribution < -0.4 is 0 Å². The molecule has 2 nitrogen and oxygen atoms in total. The summed E-state index contributed by atoms with van der Waals surface area (Å²) >= 11 is 0. The largest absolute Gasteiger partial charge is 0.329 e. The fourth-order valence-electron chi connectivity index (χ4n) is 6.53. The first kappa shape index (κ1) is 13.2. The average Bonchev–Trinajstić information content (AvgIpc) is 3.20. The van der Waals surface area contributed by atoms with Gasteiger partial charge in [-0.15, -0.1) is 0 Å². The van der Waals surface area contributed by atoms with Gasteiger partial charge in [0.05, 0.1) is 5.54 Å². The topological polar surface area (TPSA) is 20.1 Å². The van der Waals surface area contributed by atoms with E-state index in [1.54, 1.807) is 0 Å². The van der Waals surface area contributed by atoms with Gasteiger partial charge in [-0.1, -0.05) is 18.2 Å². The highest BCUT2D eigenvalue weighted by Gasteiger charge is 2.68. The van der Waals surface area contributed by atoms with Crippen LogP contribution >= 0.6 is 0 Å². The van der Waals surface area contributed by atoms with Gasteiger partial charge in [-0.2, -0.15) is 0 Å². The van der Waals surface area contributed by atoms with E-state index in [-0.39, 0.29) is 11.4 Å². The molecular formula is C20H25NO. The van der Waals surface area contributed by atoms with E-state index >= 15 is 0 Å². The van der Waals surface area contributed by atoms with Crippen molar-refractivity contribution in [3.63, 3.8) is 0 Å². The molecule has 1 heterocycles. The van der Waals surface area contributed by atoms with Crippen molar-refractivity contribution < 1.29 is 4.79 Å². The highest BCUT2D eigenvalue weighted by molar-refractivity contribution is 5.96. The van der Waals surface area contributed by atoms with Crippen LogP contribution in [-0.4, -0.2) is 22.9 Å². The van der Waals surface area contributed by atoms with E-state index in [1.807, 2.05) is 30.3 Å². The minimum absolute atomic E-state index is 0.135. The second kappa shape index (κ2) is 4.15. The van der Waals surface area contributed by atoms with Crippen LogP contribution in [0.3, 0.4) is 0 Å². The predicted molar refractivity (Wildman–Crippen MR) is 86.5 cm³/mol. The van der Waals surface area contributed by atoms with Gasteiger partial charge in [0.15, 0.2) is 0 Å². The summed E-state index contributed by atoms with van der Waals surface area (Å²) in [4.78, 5) is 15.0. The summed E-state index contributed by atoms with van der Waals surface area (Å²) in [6.45, 7) is 3.36. The number of nitrogens with zero attached hydrogens (tertiary/aromatic N) is 1. The standard InChI is InChI=1S/C20H25NO/c1-19(13-21(19)18(22)17-5-3-2-4-6-17)20-10-14-7-15(11-20)9-16(8-14)12-20/h2-6,14-16H,7-13H2,1H3. The molecule has 0 spiro atoms. The van der Waals surface area contributed by atoms with E-state index in [0.29, 0.717) is 5.41 Å². The van der Waals surface area contributed by atoms with E-state index in [0.717, 1.165) is 29.9 Å². The molecule has 1 atom stereocenters. The van der Waals surface area contributed by atoms with Gasteiger partial charge in [-0.05, 0) is 80.8 Å². The van der Waals surface area contributed by atoms with E-state index < -0.39 is 0 Å². The van der Waals surface area contributed by atoms with Crippen LogP contribution in [0.1, 0.15) is 55.8 Å². The smallest absolute Gasteiger partial charge is 0.254 e. The molecule has 1 aromatic carbocycles. The Morgan fingerprint density at radius 1 is 1.00 bits per heavy atom. The number of rotatable bonds is 2. The van der Waals surface area contributed by atoms with E-state index in [4.69, 9.17) is 0 Å². The molecule has 116 valence electrons. The summed E-state index contributed by atoms with van der Waals surface area (Å²) in [6, 6.07) is 9.84. The molecule has 1 aromatic rings. The monoisotopic (exact) mass is 295 g/mol. The first-order chi connectivity index (χ1) is 10.6. The molecule has 1 aliphatic heterocycles. The zero-order valence-corrected chi connectivity index (χ0v) is 13.4. The molecule has 4 aliphatic carbocycles. The van der Waals surface area contributed by atoms with Gasteiger partial charge in [0.25, 0.3) is 5.91 Å². The van der Waals surface area contributed by atoms with Gasteiger partial charge in [-0.25, -0.2) is 0 Å².